The van der Waals surface area contributed by atoms with Crippen LogP contribution in [-0.4, -0.2) is 64.4 Å². The minimum atomic E-state index is -0.994. The predicted octanol–water partition coefficient (Wildman–Crippen LogP) is -0.535. The molecule has 29 heavy (non-hydrogen) atoms. The molecule has 0 aromatic heterocycles. The summed E-state index contributed by atoms with van der Waals surface area (Å²) in [4.78, 5) is 51.9. The van der Waals surface area contributed by atoms with Gasteiger partial charge in [0.1, 0.15) is 24.2 Å². The van der Waals surface area contributed by atoms with Crippen LogP contribution in [0.1, 0.15) is 39.3 Å². The molecular formula is C20H28N4O5. The minimum absolute atomic E-state index is 0.416. The summed E-state index contributed by atoms with van der Waals surface area (Å²) in [6.45, 7) is 5.59. The second-order valence-corrected chi connectivity index (χ2v) is 7.22. The average Bonchev–Trinajstić information content (AvgIpc) is 2.70. The van der Waals surface area contributed by atoms with Crippen molar-refractivity contribution in [2.24, 2.45) is 0 Å². The molecular weight excluding hydrogens is 376 g/mol. The van der Waals surface area contributed by atoms with Gasteiger partial charge in [-0.05, 0) is 33.3 Å². The van der Waals surface area contributed by atoms with Crippen LogP contribution in [0.25, 0.3) is 0 Å². The Kier molecular flexibility index (Phi) is 7.33. The number of amides is 4. The largest absolute Gasteiger partial charge is 0.394 e. The molecule has 5 atom stereocenters. The van der Waals surface area contributed by atoms with Gasteiger partial charge < -0.3 is 26.0 Å². The summed E-state index contributed by atoms with van der Waals surface area (Å²) in [6.07, 6.45) is 0. The lowest BCUT2D eigenvalue weighted by Gasteiger charge is -2.38. The summed E-state index contributed by atoms with van der Waals surface area (Å²) in [5.41, 5.74) is 0.646. The molecule has 1 saturated heterocycles. The quantitative estimate of drug-likeness (QED) is 0.538. The zero-order valence-corrected chi connectivity index (χ0v) is 17.0. The Labute approximate surface area is 169 Å². The topological polar surface area (TPSA) is 128 Å². The fourth-order valence-electron chi connectivity index (χ4n) is 3.20. The van der Waals surface area contributed by atoms with E-state index >= 15 is 0 Å². The molecule has 0 unspecified atom stereocenters. The summed E-state index contributed by atoms with van der Waals surface area (Å²) in [5, 5.41) is 17.7. The number of carbonyl (C=O) groups is 4. The number of aliphatic hydroxyl groups is 1. The zero-order valence-electron chi connectivity index (χ0n) is 17.0. The number of nitrogens with one attached hydrogen (secondary N) is 3. The smallest absolute Gasteiger partial charge is 0.246 e. The lowest BCUT2D eigenvalue weighted by molar-refractivity contribution is -0.147. The van der Waals surface area contributed by atoms with Gasteiger partial charge in [0, 0.05) is 0 Å². The van der Waals surface area contributed by atoms with E-state index in [4.69, 9.17) is 0 Å². The van der Waals surface area contributed by atoms with Gasteiger partial charge in [-0.1, -0.05) is 30.3 Å². The number of benzene rings is 1. The molecule has 0 aliphatic carbocycles. The summed E-state index contributed by atoms with van der Waals surface area (Å²) in [7, 11) is 0. The van der Waals surface area contributed by atoms with Gasteiger partial charge in [0.05, 0.1) is 12.6 Å². The number of aliphatic hydroxyl groups excluding tert-OH is 1. The highest BCUT2D eigenvalue weighted by molar-refractivity contribution is 5.97. The molecule has 0 radical (unpaired) electrons. The third-order valence-corrected chi connectivity index (χ3v) is 4.98. The first-order chi connectivity index (χ1) is 13.7. The van der Waals surface area contributed by atoms with E-state index in [1.165, 1.54) is 32.6 Å². The van der Waals surface area contributed by atoms with Crippen LogP contribution >= 0.6 is 0 Å². The lowest BCUT2D eigenvalue weighted by Crippen LogP contribution is -2.61. The molecule has 1 aliphatic heterocycles. The lowest BCUT2D eigenvalue weighted by atomic mass is 10.0. The Hall–Kier alpha value is -2.94. The van der Waals surface area contributed by atoms with Crippen molar-refractivity contribution in [3.05, 3.63) is 35.9 Å². The Morgan fingerprint density at radius 3 is 1.83 bits per heavy atom. The third kappa shape index (κ3) is 5.11. The summed E-state index contributed by atoms with van der Waals surface area (Å²) in [6, 6.07) is 4.28. The van der Waals surface area contributed by atoms with Gasteiger partial charge in [0.25, 0.3) is 0 Å². The first-order valence-corrected chi connectivity index (χ1v) is 9.56. The van der Waals surface area contributed by atoms with Crippen molar-refractivity contribution < 1.29 is 24.3 Å². The third-order valence-electron chi connectivity index (χ3n) is 4.98. The van der Waals surface area contributed by atoms with E-state index in [2.05, 4.69) is 16.0 Å². The second kappa shape index (κ2) is 9.51. The van der Waals surface area contributed by atoms with Crippen LogP contribution in [0, 0.1) is 0 Å². The van der Waals surface area contributed by atoms with Gasteiger partial charge >= 0.3 is 0 Å². The van der Waals surface area contributed by atoms with Gasteiger partial charge in [-0.2, -0.15) is 0 Å². The van der Waals surface area contributed by atoms with Crippen LogP contribution in [0.5, 0.6) is 0 Å². The maximum absolute atomic E-state index is 13.2. The molecule has 158 valence electrons. The summed E-state index contributed by atoms with van der Waals surface area (Å²) < 4.78 is 0. The van der Waals surface area contributed by atoms with Crippen molar-refractivity contribution in [3.63, 3.8) is 0 Å². The van der Waals surface area contributed by atoms with E-state index < -0.39 is 60.4 Å². The molecule has 1 heterocycles. The van der Waals surface area contributed by atoms with Crippen molar-refractivity contribution in [2.75, 3.05) is 6.61 Å². The summed E-state index contributed by atoms with van der Waals surface area (Å²) in [5.74, 6) is -2.09. The first kappa shape index (κ1) is 22.4. The number of carbonyl (C=O) groups excluding carboxylic acids is 4. The molecule has 4 amide bonds. The Morgan fingerprint density at radius 2 is 1.31 bits per heavy atom. The van der Waals surface area contributed by atoms with Gasteiger partial charge in [-0.3, -0.25) is 19.2 Å². The highest BCUT2D eigenvalue weighted by Crippen LogP contribution is 2.24. The number of hydrogen-bond acceptors (Lipinski definition) is 5. The highest BCUT2D eigenvalue weighted by atomic mass is 16.3. The molecule has 1 fully saturated rings. The fraction of sp³-hybridized carbons (Fsp3) is 0.500. The molecule has 1 aromatic rings. The number of nitrogens with zero attached hydrogens (tertiary/aromatic N) is 1. The molecule has 9 nitrogen and oxygen atoms in total. The van der Waals surface area contributed by atoms with Crippen molar-refractivity contribution in [1.82, 2.24) is 20.9 Å². The molecule has 0 spiro atoms. The SMILES string of the molecule is C[C@@H]1NC(=O)[C@H](C)NC(=O)[C@H](C)N([C@@H](CO)c2ccccc2)C(=O)[C@H](C)NC1=O. The molecule has 0 bridgehead atoms. The van der Waals surface area contributed by atoms with Crippen LogP contribution in [0.3, 0.4) is 0 Å². The standard InChI is InChI=1S/C20H28N4O5/c1-11-18(27)23-13(3)20(29)24(16(10-25)15-8-6-5-7-9-15)14(4)19(28)22-12(2)17(26)21-11/h5-9,11-14,16,25H,10H2,1-4H3,(H,21,26)(H,22,28)(H,23,27)/t11-,12-,13-,14-,16-/m0/s1. The normalized spacial score (nSPS) is 27.8. The fourth-order valence-corrected chi connectivity index (χ4v) is 3.20. The van der Waals surface area contributed by atoms with Gasteiger partial charge in [-0.25, -0.2) is 0 Å². The van der Waals surface area contributed by atoms with Crippen molar-refractivity contribution in [3.8, 4) is 0 Å². The minimum Gasteiger partial charge on any atom is -0.394 e. The first-order valence-electron chi connectivity index (χ1n) is 9.56. The van der Waals surface area contributed by atoms with Crippen molar-refractivity contribution in [1.29, 1.82) is 0 Å². The average molecular weight is 404 g/mol. The second-order valence-electron chi connectivity index (χ2n) is 7.22. The maximum atomic E-state index is 13.2. The monoisotopic (exact) mass is 404 g/mol. The van der Waals surface area contributed by atoms with Crippen molar-refractivity contribution in [2.45, 2.75) is 57.9 Å². The van der Waals surface area contributed by atoms with E-state index in [1.54, 1.807) is 30.3 Å². The van der Waals surface area contributed by atoms with E-state index in [0.717, 1.165) is 0 Å². The summed E-state index contributed by atoms with van der Waals surface area (Å²) >= 11 is 0. The Bertz CT molecular complexity index is 769. The predicted molar refractivity (Wildman–Crippen MR) is 105 cm³/mol. The van der Waals surface area contributed by atoms with Crippen molar-refractivity contribution >= 4 is 23.6 Å². The van der Waals surface area contributed by atoms with Crippen LogP contribution in [0.2, 0.25) is 0 Å². The van der Waals surface area contributed by atoms with Gasteiger partial charge in [0.15, 0.2) is 0 Å². The Balaban J connectivity index is 2.47. The molecule has 1 aliphatic rings. The molecule has 2 rings (SSSR count). The zero-order chi connectivity index (χ0) is 21.7. The molecule has 0 saturated carbocycles. The molecule has 4 N–H and O–H groups in total. The molecule has 9 heteroatoms. The van der Waals surface area contributed by atoms with E-state index in [1.807, 2.05) is 0 Å². The maximum Gasteiger partial charge on any atom is 0.246 e. The van der Waals surface area contributed by atoms with E-state index in [-0.39, 0.29) is 0 Å². The van der Waals surface area contributed by atoms with Crippen LogP contribution in [0.15, 0.2) is 30.3 Å². The van der Waals surface area contributed by atoms with Crippen LogP contribution in [-0.2, 0) is 19.2 Å². The van der Waals surface area contributed by atoms with E-state index in [0.29, 0.717) is 5.56 Å². The number of hydrogen-bond donors (Lipinski definition) is 4. The number of rotatable bonds is 3. The van der Waals surface area contributed by atoms with Gasteiger partial charge in [-0.15, -0.1) is 0 Å². The van der Waals surface area contributed by atoms with Gasteiger partial charge in [0.2, 0.25) is 23.6 Å². The Morgan fingerprint density at radius 1 is 0.828 bits per heavy atom. The van der Waals surface area contributed by atoms with Crippen LogP contribution in [0.4, 0.5) is 0 Å². The van der Waals surface area contributed by atoms with Crippen LogP contribution < -0.4 is 16.0 Å². The highest BCUT2D eigenvalue weighted by Gasteiger charge is 2.37. The molecule has 1 aromatic carbocycles. The van der Waals surface area contributed by atoms with E-state index in [9.17, 15) is 24.3 Å².